The van der Waals surface area contributed by atoms with E-state index >= 15 is 0 Å². The highest BCUT2D eigenvalue weighted by molar-refractivity contribution is 9.10. The van der Waals surface area contributed by atoms with E-state index in [1.165, 1.54) is 6.07 Å². The predicted octanol–water partition coefficient (Wildman–Crippen LogP) is 5.20. The van der Waals surface area contributed by atoms with Crippen LogP contribution in [0.3, 0.4) is 0 Å². The van der Waals surface area contributed by atoms with E-state index in [2.05, 4.69) is 15.9 Å². The topological polar surface area (TPSA) is 66.8 Å². The molecule has 0 amide bonds. The molecule has 0 spiro atoms. The second-order valence-electron chi connectivity index (χ2n) is 4.98. The molecule has 0 fully saturated rings. The molecule has 0 atom stereocenters. The Kier molecular flexibility index (Phi) is 5.97. The highest BCUT2D eigenvalue weighted by atomic mass is 79.9. The Morgan fingerprint density at radius 1 is 1.29 bits per heavy atom. The molecule has 0 unspecified atom stereocenters. The Bertz CT molecular complexity index is 786. The van der Waals surface area contributed by atoms with Crippen LogP contribution in [0, 0.1) is 5.82 Å². The number of hydrogen-bond donors (Lipinski definition) is 2. The minimum Gasteiger partial charge on any atom is -0.489 e. The summed E-state index contributed by atoms with van der Waals surface area (Å²) < 4.78 is 67.3. The van der Waals surface area contributed by atoms with Gasteiger partial charge in [-0.1, -0.05) is 0 Å². The maximum atomic E-state index is 14.0. The fourth-order valence-corrected chi connectivity index (χ4v) is 5.33. The first-order chi connectivity index (χ1) is 11.0. The summed E-state index contributed by atoms with van der Waals surface area (Å²) in [6, 6.07) is 2.51. The fraction of sp³-hybridized carbons (Fsp3) is 0.385. The van der Waals surface area contributed by atoms with Gasteiger partial charge in [-0.25, -0.2) is 4.39 Å². The number of rotatable bonds is 6. The van der Waals surface area contributed by atoms with Crippen LogP contribution in [0.1, 0.15) is 17.7 Å². The van der Waals surface area contributed by atoms with E-state index in [0.717, 1.165) is 17.4 Å². The van der Waals surface area contributed by atoms with Gasteiger partial charge in [0.2, 0.25) is 0 Å². The zero-order valence-electron chi connectivity index (χ0n) is 11.9. The molecule has 1 aromatic heterocycles. The average Bonchev–Trinajstić information content (AvgIpc) is 2.70. The van der Waals surface area contributed by atoms with Gasteiger partial charge in [0.05, 0.1) is 17.5 Å². The lowest BCUT2D eigenvalue weighted by Gasteiger charge is -2.09. The summed E-state index contributed by atoms with van der Waals surface area (Å²) in [7, 11) is -4.32. The molecule has 0 saturated carbocycles. The third-order valence-electron chi connectivity index (χ3n) is 2.97. The van der Waals surface area contributed by atoms with Gasteiger partial charge in [0, 0.05) is 21.2 Å². The highest BCUT2D eigenvalue weighted by Crippen LogP contribution is 2.48. The maximum absolute atomic E-state index is 14.0. The van der Waals surface area contributed by atoms with E-state index in [4.69, 9.17) is 14.5 Å². The van der Waals surface area contributed by atoms with Crippen molar-refractivity contribution >= 4 is 44.9 Å². The van der Waals surface area contributed by atoms with E-state index < -0.39 is 32.2 Å². The molecule has 24 heavy (non-hydrogen) atoms. The van der Waals surface area contributed by atoms with Gasteiger partial charge >= 0.3 is 13.8 Å². The number of thiophene rings is 1. The highest BCUT2D eigenvalue weighted by Gasteiger charge is 2.27. The van der Waals surface area contributed by atoms with Gasteiger partial charge in [0.25, 0.3) is 0 Å². The number of hydrogen-bond acceptors (Lipinski definition) is 3. The summed E-state index contributed by atoms with van der Waals surface area (Å²) in [5.41, 5.74) is 0. The van der Waals surface area contributed by atoms with Crippen molar-refractivity contribution in [3.05, 3.63) is 27.3 Å². The molecule has 134 valence electrons. The molecule has 0 aliphatic rings. The van der Waals surface area contributed by atoms with Gasteiger partial charge < -0.3 is 14.5 Å². The zero-order valence-corrected chi connectivity index (χ0v) is 15.2. The van der Waals surface area contributed by atoms with Crippen LogP contribution in [0.15, 0.2) is 16.6 Å². The van der Waals surface area contributed by atoms with Crippen LogP contribution in [0.25, 0.3) is 10.1 Å². The molecule has 2 N–H and O–H groups in total. The van der Waals surface area contributed by atoms with Crippen LogP contribution in [0.5, 0.6) is 5.75 Å². The number of fused-ring (bicyclic) bond motifs is 1. The van der Waals surface area contributed by atoms with Crippen molar-refractivity contribution in [2.45, 2.75) is 25.2 Å². The van der Waals surface area contributed by atoms with Gasteiger partial charge in [-0.05, 0) is 34.5 Å². The summed E-state index contributed by atoms with van der Waals surface area (Å²) in [4.78, 5) is 18.5. The van der Waals surface area contributed by atoms with Crippen molar-refractivity contribution in [2.75, 3.05) is 6.61 Å². The number of alkyl halides is 3. The molecule has 2 rings (SSSR count). The van der Waals surface area contributed by atoms with Crippen LogP contribution in [0.2, 0.25) is 0 Å². The van der Waals surface area contributed by atoms with Crippen molar-refractivity contribution in [1.29, 1.82) is 0 Å². The van der Waals surface area contributed by atoms with Crippen LogP contribution in [0.4, 0.5) is 17.6 Å². The molecule has 0 radical (unpaired) electrons. The molecule has 0 bridgehead atoms. The van der Waals surface area contributed by atoms with Crippen LogP contribution in [-0.4, -0.2) is 22.6 Å². The van der Waals surface area contributed by atoms with Gasteiger partial charge in [-0.3, -0.25) is 4.57 Å². The summed E-state index contributed by atoms with van der Waals surface area (Å²) in [6.07, 6.45) is -6.19. The van der Waals surface area contributed by atoms with Gasteiger partial charge in [0.1, 0.15) is 0 Å². The smallest absolute Gasteiger partial charge is 0.389 e. The summed E-state index contributed by atoms with van der Waals surface area (Å²) in [5, 5.41) is 0.482. The molecule has 0 aliphatic carbocycles. The zero-order chi connectivity index (χ0) is 18.1. The SMILES string of the molecule is O=P(O)(O)Cc1sc2c(OCCCC(F)(F)F)c(F)ccc2c1Br. The van der Waals surface area contributed by atoms with Crippen molar-refractivity contribution in [3.8, 4) is 5.75 Å². The lowest BCUT2D eigenvalue weighted by atomic mass is 10.2. The van der Waals surface area contributed by atoms with E-state index in [1.807, 2.05) is 0 Å². The second kappa shape index (κ2) is 7.29. The minimum absolute atomic E-state index is 0.211. The van der Waals surface area contributed by atoms with Crippen molar-refractivity contribution in [3.63, 3.8) is 0 Å². The van der Waals surface area contributed by atoms with Crippen molar-refractivity contribution < 1.29 is 36.7 Å². The average molecular weight is 451 g/mol. The Balaban J connectivity index is 2.27. The van der Waals surface area contributed by atoms with Gasteiger partial charge in [0.15, 0.2) is 11.6 Å². The summed E-state index contributed by atoms with van der Waals surface area (Å²) in [5.74, 6) is -0.955. The van der Waals surface area contributed by atoms with E-state index in [0.29, 0.717) is 14.7 Å². The first kappa shape index (κ1) is 19.7. The van der Waals surface area contributed by atoms with E-state index in [-0.39, 0.29) is 23.5 Å². The van der Waals surface area contributed by atoms with E-state index in [9.17, 15) is 22.1 Å². The predicted molar refractivity (Wildman–Crippen MR) is 86.0 cm³/mol. The van der Waals surface area contributed by atoms with Gasteiger partial charge in [-0.2, -0.15) is 13.2 Å². The molecule has 2 aromatic rings. The largest absolute Gasteiger partial charge is 0.489 e. The number of ether oxygens (including phenoxy) is 1. The van der Waals surface area contributed by atoms with Gasteiger partial charge in [-0.15, -0.1) is 11.3 Å². The minimum atomic E-state index is -4.32. The first-order valence-corrected chi connectivity index (χ1v) is 10.0. The Labute approximate surface area is 146 Å². The molecule has 11 heteroatoms. The molecule has 1 heterocycles. The monoisotopic (exact) mass is 450 g/mol. The third-order valence-corrected chi connectivity index (χ3v) is 6.29. The van der Waals surface area contributed by atoms with Crippen LogP contribution in [-0.2, 0) is 10.7 Å². The quantitative estimate of drug-likeness (QED) is 0.360. The van der Waals surface area contributed by atoms with Crippen molar-refractivity contribution in [2.24, 2.45) is 0 Å². The second-order valence-corrected chi connectivity index (χ2v) is 8.53. The molecule has 4 nitrogen and oxygen atoms in total. The summed E-state index contributed by atoms with van der Waals surface area (Å²) in [6.45, 7) is -0.321. The summed E-state index contributed by atoms with van der Waals surface area (Å²) >= 11 is 4.14. The normalized spacial score (nSPS) is 12.8. The van der Waals surface area contributed by atoms with Crippen LogP contribution >= 0.6 is 34.9 Å². The molecule has 0 aliphatic heterocycles. The lowest BCUT2D eigenvalue weighted by molar-refractivity contribution is -0.136. The standard InChI is InChI=1S/C13H12BrF4O4PS/c14-10-7-2-3-8(15)11(22-5-1-4-13(16,17)18)12(7)24-9(10)6-23(19,20)21/h2-3H,1,4-6H2,(H2,19,20,21). The molecule has 1 aromatic carbocycles. The van der Waals surface area contributed by atoms with Crippen molar-refractivity contribution in [1.82, 2.24) is 0 Å². The first-order valence-electron chi connectivity index (χ1n) is 6.61. The molecular weight excluding hydrogens is 439 g/mol. The Hall–Kier alpha value is -0.670. The Morgan fingerprint density at radius 2 is 1.96 bits per heavy atom. The lowest BCUT2D eigenvalue weighted by Crippen LogP contribution is -2.10. The maximum Gasteiger partial charge on any atom is 0.389 e. The van der Waals surface area contributed by atoms with Crippen LogP contribution < -0.4 is 4.74 Å². The molecular formula is C13H12BrF4O4PS. The fourth-order valence-electron chi connectivity index (χ4n) is 2.00. The third kappa shape index (κ3) is 5.16. The van der Waals surface area contributed by atoms with E-state index in [1.54, 1.807) is 0 Å². The molecule has 0 saturated heterocycles. The number of halogens is 5. The Morgan fingerprint density at radius 3 is 2.54 bits per heavy atom. The number of benzene rings is 1.